The lowest BCUT2D eigenvalue weighted by molar-refractivity contribution is 0.106. The first-order valence-corrected chi connectivity index (χ1v) is 12.2. The summed E-state index contributed by atoms with van der Waals surface area (Å²) >= 11 is 0. The molecule has 1 aromatic carbocycles. The molecule has 0 aromatic heterocycles. The fourth-order valence-electron chi connectivity index (χ4n) is 1.82. The van der Waals surface area contributed by atoms with Gasteiger partial charge in [-0.3, -0.25) is 0 Å². The zero-order valence-electron chi connectivity index (χ0n) is 13.6. The molecule has 21 heavy (non-hydrogen) atoms. The van der Waals surface area contributed by atoms with E-state index in [1.165, 1.54) is 0 Å². The number of ether oxygens (including phenoxy) is 1. The molecule has 0 aliphatic heterocycles. The molecule has 0 fully saturated rings. The van der Waals surface area contributed by atoms with Crippen LogP contribution in [-0.4, -0.2) is 37.4 Å². The standard InChI is InChI=1S/C15H26O4Si2/c1-6-12-17-13-14-18-21(16-2,19-20(3,4)5)15-10-8-7-9-11-15/h6-12H,13-14H2,1-5H3. The fraction of sp³-hybridized carbons (Fsp3) is 0.467. The van der Waals surface area contributed by atoms with Crippen molar-refractivity contribution < 1.29 is 17.7 Å². The average molecular weight is 327 g/mol. The van der Waals surface area contributed by atoms with Crippen molar-refractivity contribution in [1.82, 2.24) is 0 Å². The summed E-state index contributed by atoms with van der Waals surface area (Å²) in [6.45, 7) is 9.23. The maximum atomic E-state index is 6.33. The molecule has 118 valence electrons. The SMILES string of the molecule is CC=COCCO[Si](OC)(O[Si](C)(C)C)c1ccccc1. The minimum atomic E-state index is -2.88. The Bertz CT molecular complexity index is 431. The molecule has 1 aromatic rings. The van der Waals surface area contributed by atoms with E-state index in [2.05, 4.69) is 19.6 Å². The first-order valence-electron chi connectivity index (χ1n) is 7.11. The van der Waals surface area contributed by atoms with Gasteiger partial charge in [-0.2, -0.15) is 0 Å². The Kier molecular flexibility index (Phi) is 7.34. The molecule has 1 unspecified atom stereocenters. The summed E-state index contributed by atoms with van der Waals surface area (Å²) in [4.78, 5) is 0. The van der Waals surface area contributed by atoms with E-state index in [9.17, 15) is 0 Å². The van der Waals surface area contributed by atoms with Crippen LogP contribution in [0.3, 0.4) is 0 Å². The zero-order chi connectivity index (χ0) is 15.8. The highest BCUT2D eigenvalue weighted by molar-refractivity contribution is 6.86. The first-order chi connectivity index (χ1) is 9.93. The minimum Gasteiger partial charge on any atom is -0.499 e. The van der Waals surface area contributed by atoms with Gasteiger partial charge in [0.25, 0.3) is 0 Å². The molecule has 0 N–H and O–H groups in total. The van der Waals surface area contributed by atoms with Crippen molar-refractivity contribution in [2.45, 2.75) is 26.6 Å². The molecule has 1 atom stereocenters. The normalized spacial score (nSPS) is 15.1. The van der Waals surface area contributed by atoms with E-state index in [1.54, 1.807) is 13.4 Å². The summed E-state index contributed by atoms with van der Waals surface area (Å²) < 4.78 is 23.5. The predicted molar refractivity (Wildman–Crippen MR) is 90.0 cm³/mol. The molecule has 1 rings (SSSR count). The lowest BCUT2D eigenvalue weighted by atomic mass is 10.4. The topological polar surface area (TPSA) is 36.9 Å². The summed E-state index contributed by atoms with van der Waals surface area (Å²) in [7, 11) is -3.04. The monoisotopic (exact) mass is 326 g/mol. The van der Waals surface area contributed by atoms with Gasteiger partial charge in [-0.15, -0.1) is 0 Å². The van der Waals surface area contributed by atoms with Gasteiger partial charge in [0.05, 0.1) is 12.9 Å². The van der Waals surface area contributed by atoms with Crippen LogP contribution >= 0.6 is 0 Å². The van der Waals surface area contributed by atoms with Crippen LogP contribution in [-0.2, 0) is 17.7 Å². The first kappa shape index (κ1) is 18.1. The van der Waals surface area contributed by atoms with Gasteiger partial charge in [0.2, 0.25) is 0 Å². The Morgan fingerprint density at radius 2 is 1.71 bits per heavy atom. The van der Waals surface area contributed by atoms with E-state index in [1.807, 2.05) is 43.3 Å². The van der Waals surface area contributed by atoms with Gasteiger partial charge in [0.1, 0.15) is 6.61 Å². The third-order valence-corrected chi connectivity index (χ3v) is 8.25. The van der Waals surface area contributed by atoms with Crippen molar-refractivity contribution in [3.05, 3.63) is 42.7 Å². The molecule has 0 heterocycles. The molecule has 0 aliphatic rings. The molecule has 0 spiro atoms. The van der Waals surface area contributed by atoms with Crippen LogP contribution in [0.15, 0.2) is 42.7 Å². The molecule has 4 nitrogen and oxygen atoms in total. The molecule has 0 aliphatic carbocycles. The van der Waals surface area contributed by atoms with Crippen molar-refractivity contribution in [1.29, 1.82) is 0 Å². The van der Waals surface area contributed by atoms with Crippen molar-refractivity contribution in [3.63, 3.8) is 0 Å². The summed E-state index contributed by atoms with van der Waals surface area (Å²) in [5.41, 5.74) is 0. The van der Waals surface area contributed by atoms with E-state index in [-0.39, 0.29) is 0 Å². The molecule has 0 radical (unpaired) electrons. The van der Waals surface area contributed by atoms with Crippen LogP contribution in [0.2, 0.25) is 19.6 Å². The van der Waals surface area contributed by atoms with Crippen LogP contribution in [0.25, 0.3) is 0 Å². The third kappa shape index (κ3) is 6.15. The van der Waals surface area contributed by atoms with Crippen molar-refractivity contribution in [3.8, 4) is 0 Å². The van der Waals surface area contributed by atoms with Gasteiger partial charge in [-0.25, -0.2) is 0 Å². The largest absolute Gasteiger partial charge is 0.526 e. The Labute approximate surface area is 130 Å². The van der Waals surface area contributed by atoms with Crippen molar-refractivity contribution >= 4 is 22.3 Å². The lowest BCUT2D eigenvalue weighted by Gasteiger charge is -2.34. The van der Waals surface area contributed by atoms with Gasteiger partial charge >= 0.3 is 8.80 Å². The van der Waals surface area contributed by atoms with E-state index in [0.29, 0.717) is 13.2 Å². The van der Waals surface area contributed by atoms with E-state index < -0.39 is 17.1 Å². The average Bonchev–Trinajstić information content (AvgIpc) is 2.45. The highest BCUT2D eigenvalue weighted by atomic mass is 28.5. The van der Waals surface area contributed by atoms with Gasteiger partial charge < -0.3 is 17.7 Å². The highest BCUT2D eigenvalue weighted by Gasteiger charge is 2.46. The number of rotatable bonds is 9. The summed E-state index contributed by atoms with van der Waals surface area (Å²) in [6, 6.07) is 9.93. The van der Waals surface area contributed by atoms with E-state index in [4.69, 9.17) is 17.7 Å². The molecule has 0 bridgehead atoms. The molecule has 6 heteroatoms. The molecule has 0 saturated heterocycles. The molecular weight excluding hydrogens is 300 g/mol. The summed E-state index contributed by atoms with van der Waals surface area (Å²) in [5.74, 6) is 0. The van der Waals surface area contributed by atoms with E-state index >= 15 is 0 Å². The van der Waals surface area contributed by atoms with Crippen LogP contribution in [0.5, 0.6) is 0 Å². The second kappa shape index (κ2) is 8.50. The van der Waals surface area contributed by atoms with Crippen LogP contribution in [0.4, 0.5) is 0 Å². The maximum Gasteiger partial charge on any atom is 0.526 e. The maximum absolute atomic E-state index is 6.33. The lowest BCUT2D eigenvalue weighted by Crippen LogP contribution is -2.60. The predicted octanol–water partition coefficient (Wildman–Crippen LogP) is 2.90. The van der Waals surface area contributed by atoms with Crippen LogP contribution < -0.4 is 5.19 Å². The Morgan fingerprint density at radius 1 is 1.05 bits per heavy atom. The Hall–Kier alpha value is -0.926. The third-order valence-electron chi connectivity index (χ3n) is 2.56. The van der Waals surface area contributed by atoms with E-state index in [0.717, 1.165) is 5.19 Å². The molecular formula is C15H26O4Si2. The van der Waals surface area contributed by atoms with Gasteiger partial charge in [-0.05, 0) is 26.6 Å². The van der Waals surface area contributed by atoms with Crippen LogP contribution in [0.1, 0.15) is 6.92 Å². The minimum absolute atomic E-state index is 0.434. The Morgan fingerprint density at radius 3 is 2.24 bits per heavy atom. The quantitative estimate of drug-likeness (QED) is 0.397. The smallest absolute Gasteiger partial charge is 0.499 e. The van der Waals surface area contributed by atoms with Gasteiger partial charge in [0.15, 0.2) is 8.32 Å². The molecule has 0 saturated carbocycles. The highest BCUT2D eigenvalue weighted by Crippen LogP contribution is 2.17. The number of benzene rings is 1. The number of hydrogen-bond acceptors (Lipinski definition) is 4. The second-order valence-electron chi connectivity index (χ2n) is 5.53. The van der Waals surface area contributed by atoms with Crippen molar-refractivity contribution in [2.24, 2.45) is 0 Å². The van der Waals surface area contributed by atoms with Gasteiger partial charge in [0, 0.05) is 12.3 Å². The molecule has 0 amide bonds. The second-order valence-corrected chi connectivity index (χ2v) is 13.0. The van der Waals surface area contributed by atoms with Gasteiger partial charge in [-0.1, -0.05) is 36.4 Å². The summed E-state index contributed by atoms with van der Waals surface area (Å²) in [5, 5.41) is 0.987. The zero-order valence-corrected chi connectivity index (χ0v) is 15.6. The van der Waals surface area contributed by atoms with Crippen LogP contribution in [0, 0.1) is 0 Å². The summed E-state index contributed by atoms with van der Waals surface area (Å²) in [6.07, 6.45) is 3.50. The van der Waals surface area contributed by atoms with Crippen molar-refractivity contribution in [2.75, 3.05) is 20.3 Å². The number of allylic oxidation sites excluding steroid dienone is 1. The Balaban J connectivity index is 2.87. The number of hydrogen-bond donors (Lipinski definition) is 0. The fourth-order valence-corrected chi connectivity index (χ4v) is 7.56.